The van der Waals surface area contributed by atoms with E-state index in [4.69, 9.17) is 37.9 Å². The van der Waals surface area contributed by atoms with Crippen LogP contribution in [0.1, 0.15) is 99.3 Å². The Labute approximate surface area is 358 Å². The molecule has 5 heterocycles. The summed E-state index contributed by atoms with van der Waals surface area (Å²) in [5.41, 5.74) is 1.53. The summed E-state index contributed by atoms with van der Waals surface area (Å²) in [7, 11) is 0. The summed E-state index contributed by atoms with van der Waals surface area (Å²) in [5, 5.41) is 85.9. The molecule has 26 atom stereocenters. The maximum absolute atomic E-state index is 12.0. The molecule has 0 aromatic carbocycles. The van der Waals surface area contributed by atoms with Crippen LogP contribution in [0.25, 0.3) is 0 Å². The predicted octanol–water partition coefficient (Wildman–Crippen LogP) is 1.24. The van der Waals surface area contributed by atoms with Crippen LogP contribution in [0, 0.1) is 46.3 Å². The number of rotatable bonds is 7. The topological polar surface area (TPSA) is 236 Å². The van der Waals surface area contributed by atoms with Gasteiger partial charge in [-0.05, 0) is 106 Å². The second kappa shape index (κ2) is 16.8. The Morgan fingerprint density at radius 2 is 1.34 bits per heavy atom. The first-order valence-corrected chi connectivity index (χ1v) is 23.2. The van der Waals surface area contributed by atoms with Gasteiger partial charge in [0.05, 0.1) is 37.6 Å². The summed E-state index contributed by atoms with van der Waals surface area (Å²) in [5.74, 6) is 2.64. The van der Waals surface area contributed by atoms with E-state index in [2.05, 4.69) is 33.8 Å². The summed E-state index contributed by atoms with van der Waals surface area (Å²) in [6.07, 6.45) is -10.4. The molecule has 9 aliphatic rings. The van der Waals surface area contributed by atoms with Crippen LogP contribution in [0.4, 0.5) is 0 Å². The number of hydrogen-bond acceptors (Lipinski definition) is 16. The molecule has 8 N–H and O–H groups in total. The molecule has 1 spiro atoms. The Morgan fingerprint density at radius 3 is 1.97 bits per heavy atom. The first-order chi connectivity index (χ1) is 28.9. The van der Waals surface area contributed by atoms with Gasteiger partial charge >= 0.3 is 0 Å². The number of ether oxygens (including phenoxy) is 8. The van der Waals surface area contributed by atoms with Gasteiger partial charge in [0.15, 0.2) is 24.7 Å². The molecule has 9 rings (SSSR count). The Balaban J connectivity index is 0.916. The van der Waals surface area contributed by atoms with Gasteiger partial charge in [-0.1, -0.05) is 39.3 Å². The van der Waals surface area contributed by atoms with Crippen LogP contribution >= 0.6 is 0 Å². The summed E-state index contributed by atoms with van der Waals surface area (Å²) < 4.78 is 50.1. The van der Waals surface area contributed by atoms with E-state index >= 15 is 0 Å². The van der Waals surface area contributed by atoms with Crippen LogP contribution in [-0.4, -0.2) is 164 Å². The van der Waals surface area contributed by atoms with E-state index in [1.807, 2.05) is 0 Å². The Bertz CT molecular complexity index is 1590. The molecular weight excluding hydrogens is 796 g/mol. The lowest BCUT2D eigenvalue weighted by molar-refractivity contribution is -0.388. The van der Waals surface area contributed by atoms with Gasteiger partial charge in [-0.3, -0.25) is 0 Å². The van der Waals surface area contributed by atoms with Crippen molar-refractivity contribution in [2.45, 2.75) is 209 Å². The highest BCUT2D eigenvalue weighted by Gasteiger charge is 2.69. The third-order valence-corrected chi connectivity index (χ3v) is 17.6. The fraction of sp³-hybridized carbons (Fsp3) is 0.956. The molecule has 5 saturated heterocycles. The lowest BCUT2D eigenvalue weighted by Crippen LogP contribution is -2.66. The monoisotopic (exact) mass is 868 g/mol. The number of aliphatic hydroxyl groups excluding tert-OH is 8. The fourth-order valence-corrected chi connectivity index (χ4v) is 14.0. The van der Waals surface area contributed by atoms with Gasteiger partial charge in [0.2, 0.25) is 0 Å². The summed E-state index contributed by atoms with van der Waals surface area (Å²) in [4.78, 5) is 0. The minimum absolute atomic E-state index is 0.0171. The highest BCUT2D eigenvalue weighted by atomic mass is 16.8. The molecule has 16 heteroatoms. The number of aliphatic hydroxyl groups is 8. The minimum Gasteiger partial charge on any atom is -0.394 e. The Morgan fingerprint density at radius 1 is 0.689 bits per heavy atom. The van der Waals surface area contributed by atoms with Crippen LogP contribution in [0.3, 0.4) is 0 Å². The molecule has 0 amide bonds. The van der Waals surface area contributed by atoms with E-state index in [1.54, 1.807) is 0 Å². The van der Waals surface area contributed by atoms with E-state index in [0.29, 0.717) is 48.3 Å². The lowest BCUT2D eigenvalue weighted by Gasteiger charge is -2.58. The summed E-state index contributed by atoms with van der Waals surface area (Å²) >= 11 is 0. The van der Waals surface area contributed by atoms with Crippen molar-refractivity contribution >= 4 is 0 Å². The van der Waals surface area contributed by atoms with Crippen LogP contribution < -0.4 is 0 Å². The molecule has 61 heavy (non-hydrogen) atoms. The van der Waals surface area contributed by atoms with Gasteiger partial charge in [0.25, 0.3) is 0 Å². The van der Waals surface area contributed by atoms with Gasteiger partial charge in [-0.15, -0.1) is 0 Å². The highest BCUT2D eigenvalue weighted by molar-refractivity contribution is 5.26. The molecule has 0 bridgehead atoms. The number of allylic oxidation sites excluding steroid dienone is 1. The van der Waals surface area contributed by atoms with E-state index in [-0.39, 0.29) is 23.0 Å². The van der Waals surface area contributed by atoms with E-state index in [1.165, 1.54) is 25.8 Å². The van der Waals surface area contributed by atoms with Crippen molar-refractivity contribution in [3.63, 3.8) is 0 Å². The maximum atomic E-state index is 12.0. The van der Waals surface area contributed by atoms with E-state index in [9.17, 15) is 40.9 Å². The zero-order valence-corrected chi connectivity index (χ0v) is 36.5. The maximum Gasteiger partial charge on any atom is 0.187 e. The van der Waals surface area contributed by atoms with Crippen molar-refractivity contribution in [2.75, 3.05) is 13.2 Å². The van der Waals surface area contributed by atoms with E-state index in [0.717, 1.165) is 45.1 Å². The molecule has 5 aliphatic heterocycles. The molecule has 0 aromatic rings. The fourth-order valence-electron chi connectivity index (χ4n) is 14.0. The van der Waals surface area contributed by atoms with Crippen molar-refractivity contribution in [2.24, 2.45) is 46.3 Å². The van der Waals surface area contributed by atoms with Gasteiger partial charge in [0.1, 0.15) is 61.0 Å². The quantitative estimate of drug-likeness (QED) is 0.168. The lowest BCUT2D eigenvalue weighted by atomic mass is 9.47. The minimum atomic E-state index is -1.71. The molecule has 1 unspecified atom stereocenters. The summed E-state index contributed by atoms with van der Waals surface area (Å²) in [6, 6.07) is 0. The average Bonchev–Trinajstić information content (AvgIpc) is 3.69. The van der Waals surface area contributed by atoms with Gasteiger partial charge < -0.3 is 78.7 Å². The average molecular weight is 869 g/mol. The molecule has 4 aliphatic carbocycles. The van der Waals surface area contributed by atoms with Crippen molar-refractivity contribution < 1.29 is 78.7 Å². The first kappa shape index (κ1) is 45.3. The van der Waals surface area contributed by atoms with Gasteiger partial charge in [-0.25, -0.2) is 0 Å². The normalized spacial score (nSPS) is 58.4. The number of fused-ring (bicyclic) bond motifs is 7. The van der Waals surface area contributed by atoms with Gasteiger partial charge in [0, 0.05) is 12.3 Å². The Hall–Kier alpha value is -0.900. The van der Waals surface area contributed by atoms with Crippen molar-refractivity contribution in [1.29, 1.82) is 0 Å². The smallest absolute Gasteiger partial charge is 0.187 e. The van der Waals surface area contributed by atoms with Gasteiger partial charge in [-0.2, -0.15) is 0 Å². The highest BCUT2D eigenvalue weighted by Crippen LogP contribution is 2.70. The molecule has 348 valence electrons. The van der Waals surface area contributed by atoms with Crippen LogP contribution in [0.15, 0.2) is 11.6 Å². The van der Waals surface area contributed by atoms with Crippen LogP contribution in [-0.2, 0) is 37.9 Å². The molecule has 0 aromatic heterocycles. The third-order valence-electron chi connectivity index (χ3n) is 17.6. The third kappa shape index (κ3) is 7.42. The molecule has 16 nitrogen and oxygen atoms in total. The summed E-state index contributed by atoms with van der Waals surface area (Å²) in [6.45, 7) is 12.7. The first-order valence-electron chi connectivity index (χ1n) is 23.2. The van der Waals surface area contributed by atoms with Crippen molar-refractivity contribution in [3.05, 3.63) is 11.6 Å². The van der Waals surface area contributed by atoms with E-state index < -0.39 is 105 Å². The molecular formula is C45H72O16. The zero-order valence-electron chi connectivity index (χ0n) is 36.5. The van der Waals surface area contributed by atoms with Crippen LogP contribution in [0.2, 0.25) is 0 Å². The van der Waals surface area contributed by atoms with Crippen LogP contribution in [0.5, 0.6) is 0 Å². The standard InChI is InChI=1S/C45H72O16/c1-19-9-14-45(54-18-19)20(2)30-28(61-45)16-27-25-8-7-23-15-24(10-12-43(23,5)26(25)11-13-44(27,30)6)57-42-39(60-41-36(52)34(50)32(48)22(4)56-41)37(53)38(29(17-46)58-42)59-40-35(51)33(49)31(47)21(3)55-40/h7,19-22,24-42,46-53H,8-18H2,1-6H3/t19-,20+,21+,22+,24+,25-,26+,27+,28+,29-,30?,31+,32+,33-,34-,35-,36-,37+,38-,39-,40+,41+,42-,43+,44+,45-/m1/s1. The van der Waals surface area contributed by atoms with Crippen molar-refractivity contribution in [1.82, 2.24) is 0 Å². The molecule has 3 saturated carbocycles. The Kier molecular flexibility index (Phi) is 12.4. The zero-order chi connectivity index (χ0) is 43.5. The van der Waals surface area contributed by atoms with Crippen molar-refractivity contribution in [3.8, 4) is 0 Å². The molecule has 8 fully saturated rings. The second-order valence-corrected chi connectivity index (χ2v) is 21.1. The predicted molar refractivity (Wildman–Crippen MR) is 213 cm³/mol. The largest absolute Gasteiger partial charge is 0.394 e. The second-order valence-electron chi connectivity index (χ2n) is 21.1. The molecule has 0 radical (unpaired) electrons. The SMILES string of the molecule is C[C@@H]1CC[C@@]2(OC1)O[C@H]1C[C@H]3[C@@H]4CC=C5C[C@@H](O[C@@H]6O[C@H](CO)[C@@H](O[C@@H]7O[C@@H](C)[C@H](O)[C@@H](O)[C@H]7O)[C@H](O)[C@H]6O[C@@H]6O[C@@H](C)[C@H](O)[C@@H](O)[C@H]6O)CC[C@]5(C)[C@H]4CC[C@]3(C)C1[C@@H]2C. The number of hydrogen-bond donors (Lipinski definition) is 8.